The number of carbonyl (C=O) groups excluding carboxylic acids is 2. The first-order valence-corrected chi connectivity index (χ1v) is 9.21. The van der Waals surface area contributed by atoms with E-state index < -0.39 is 11.9 Å². The average Bonchev–Trinajstić information content (AvgIpc) is 2.56. The summed E-state index contributed by atoms with van der Waals surface area (Å²) in [6.45, 7) is 4.51. The first-order valence-electron chi connectivity index (χ1n) is 8.08. The maximum atomic E-state index is 11.8. The third-order valence-corrected chi connectivity index (χ3v) is 4.31. The lowest BCUT2D eigenvalue weighted by atomic mass is 10.0. The molecule has 0 amide bonds. The van der Waals surface area contributed by atoms with Gasteiger partial charge in [-0.3, -0.25) is 0 Å². The second kappa shape index (κ2) is 11.4. The van der Waals surface area contributed by atoms with Crippen LogP contribution in [0, 0.1) is 5.92 Å². The highest BCUT2D eigenvalue weighted by molar-refractivity contribution is 6.40. The van der Waals surface area contributed by atoms with Crippen molar-refractivity contribution in [3.63, 3.8) is 0 Å². The minimum Gasteiger partial charge on any atom is -0.462 e. The van der Waals surface area contributed by atoms with Crippen molar-refractivity contribution in [2.24, 2.45) is 5.92 Å². The average molecular weight is 408 g/mol. The van der Waals surface area contributed by atoms with Crippen molar-refractivity contribution >= 4 is 46.7 Å². The maximum Gasteiger partial charge on any atom is 0.336 e. The molecule has 0 fully saturated rings. The second-order valence-corrected chi connectivity index (χ2v) is 6.75. The monoisotopic (exact) mass is 406 g/mol. The number of halogens is 3. The Kier molecular flexibility index (Phi) is 9.94. The molecule has 25 heavy (non-hydrogen) atoms. The summed E-state index contributed by atoms with van der Waals surface area (Å²) in [6.07, 6.45) is 6.14. The van der Waals surface area contributed by atoms with E-state index in [4.69, 9.17) is 44.3 Å². The fraction of sp³-hybridized carbons (Fsp3) is 0.444. The van der Waals surface area contributed by atoms with Gasteiger partial charge in [-0.25, -0.2) is 9.59 Å². The van der Waals surface area contributed by atoms with E-state index in [9.17, 15) is 9.59 Å². The highest BCUT2D eigenvalue weighted by Crippen LogP contribution is 2.35. The second-order valence-electron chi connectivity index (χ2n) is 5.50. The molecule has 0 aliphatic carbocycles. The van der Waals surface area contributed by atoms with Gasteiger partial charge in [0.25, 0.3) is 0 Å². The summed E-state index contributed by atoms with van der Waals surface area (Å²) in [7, 11) is 0. The van der Waals surface area contributed by atoms with Crippen LogP contribution < -0.4 is 4.74 Å². The van der Waals surface area contributed by atoms with Crippen molar-refractivity contribution < 1.29 is 19.1 Å². The fourth-order valence-electron chi connectivity index (χ4n) is 2.04. The van der Waals surface area contributed by atoms with Gasteiger partial charge in [-0.2, -0.15) is 0 Å². The molecule has 0 bridgehead atoms. The van der Waals surface area contributed by atoms with Crippen LogP contribution in [0.2, 0.25) is 15.1 Å². The number of rotatable bonds is 9. The highest BCUT2D eigenvalue weighted by atomic mass is 35.5. The number of unbranched alkanes of at least 4 members (excludes halogenated alkanes) is 1. The molecule has 0 radical (unpaired) electrons. The Labute approximate surface area is 163 Å². The standard InChI is InChI=1S/C18H21Cl3O4/c1-3-5-6-12(4-2)11-24-16(22)7-8-17(23)25-18-14(20)9-13(19)10-15(18)21/h7-10,12H,3-6,11H2,1-2H3/b8-7+. The van der Waals surface area contributed by atoms with Gasteiger partial charge in [-0.05, 0) is 24.5 Å². The maximum absolute atomic E-state index is 11.8. The number of hydrogen-bond donors (Lipinski definition) is 0. The van der Waals surface area contributed by atoms with E-state index in [1.165, 1.54) is 12.1 Å². The molecule has 0 aromatic heterocycles. The minimum atomic E-state index is -0.791. The van der Waals surface area contributed by atoms with E-state index in [1.54, 1.807) is 0 Å². The first-order chi connectivity index (χ1) is 11.9. The zero-order chi connectivity index (χ0) is 18.8. The lowest BCUT2D eigenvalue weighted by molar-refractivity contribution is -0.139. The molecule has 0 N–H and O–H groups in total. The molecule has 1 atom stereocenters. The largest absolute Gasteiger partial charge is 0.462 e. The summed E-state index contributed by atoms with van der Waals surface area (Å²) in [5.41, 5.74) is 0. The fourth-order valence-corrected chi connectivity index (χ4v) is 2.94. The molecule has 0 aliphatic heterocycles. The van der Waals surface area contributed by atoms with Crippen LogP contribution >= 0.6 is 34.8 Å². The van der Waals surface area contributed by atoms with Gasteiger partial charge in [-0.1, -0.05) is 67.9 Å². The minimum absolute atomic E-state index is 0.0126. The molecule has 0 spiro atoms. The quantitative estimate of drug-likeness (QED) is 0.292. The van der Waals surface area contributed by atoms with Crippen LogP contribution in [0.4, 0.5) is 0 Å². The van der Waals surface area contributed by atoms with Crippen molar-refractivity contribution in [3.05, 3.63) is 39.4 Å². The van der Waals surface area contributed by atoms with Gasteiger partial charge in [0.05, 0.1) is 16.7 Å². The molecular weight excluding hydrogens is 387 g/mol. The molecule has 4 nitrogen and oxygen atoms in total. The smallest absolute Gasteiger partial charge is 0.336 e. The summed E-state index contributed by atoms with van der Waals surface area (Å²) in [6, 6.07) is 2.80. The Morgan fingerprint density at radius 1 is 1.08 bits per heavy atom. The predicted molar refractivity (Wildman–Crippen MR) is 101 cm³/mol. The van der Waals surface area contributed by atoms with Crippen molar-refractivity contribution in [1.29, 1.82) is 0 Å². The van der Waals surface area contributed by atoms with Gasteiger partial charge in [0, 0.05) is 17.2 Å². The van der Waals surface area contributed by atoms with Crippen LogP contribution in [-0.2, 0) is 14.3 Å². The predicted octanol–water partition coefficient (Wildman–Crippen LogP) is 5.87. The van der Waals surface area contributed by atoms with E-state index in [0.29, 0.717) is 17.5 Å². The third-order valence-electron chi connectivity index (χ3n) is 3.53. The van der Waals surface area contributed by atoms with E-state index in [2.05, 4.69) is 13.8 Å². The molecule has 0 aliphatic rings. The lowest BCUT2D eigenvalue weighted by Gasteiger charge is -2.13. The number of hydrogen-bond acceptors (Lipinski definition) is 4. The van der Waals surface area contributed by atoms with Crippen LogP contribution in [0.5, 0.6) is 5.75 Å². The van der Waals surface area contributed by atoms with Crippen LogP contribution in [0.3, 0.4) is 0 Å². The lowest BCUT2D eigenvalue weighted by Crippen LogP contribution is -2.13. The Hall–Kier alpha value is -1.23. The molecule has 7 heteroatoms. The summed E-state index contributed by atoms with van der Waals surface area (Å²) in [5.74, 6) is -1.07. The summed E-state index contributed by atoms with van der Waals surface area (Å²) >= 11 is 17.6. The zero-order valence-electron chi connectivity index (χ0n) is 14.2. The topological polar surface area (TPSA) is 52.6 Å². The molecule has 0 saturated heterocycles. The molecule has 1 unspecified atom stereocenters. The molecule has 0 heterocycles. The molecule has 1 rings (SSSR count). The first kappa shape index (κ1) is 21.8. The van der Waals surface area contributed by atoms with Crippen molar-refractivity contribution in [3.8, 4) is 5.75 Å². The van der Waals surface area contributed by atoms with E-state index in [-0.39, 0.29) is 15.8 Å². The summed E-state index contributed by atoms with van der Waals surface area (Å²) < 4.78 is 10.2. The Balaban J connectivity index is 2.52. The van der Waals surface area contributed by atoms with Gasteiger partial charge in [0.15, 0.2) is 5.75 Å². The van der Waals surface area contributed by atoms with Crippen LogP contribution in [0.25, 0.3) is 0 Å². The van der Waals surface area contributed by atoms with Crippen LogP contribution in [-0.4, -0.2) is 18.5 Å². The van der Waals surface area contributed by atoms with Crippen LogP contribution in [0.1, 0.15) is 39.5 Å². The molecule has 138 valence electrons. The Morgan fingerprint density at radius 2 is 1.68 bits per heavy atom. The Morgan fingerprint density at radius 3 is 2.24 bits per heavy atom. The highest BCUT2D eigenvalue weighted by Gasteiger charge is 2.13. The van der Waals surface area contributed by atoms with Gasteiger partial charge in [-0.15, -0.1) is 0 Å². The van der Waals surface area contributed by atoms with Gasteiger partial charge >= 0.3 is 11.9 Å². The van der Waals surface area contributed by atoms with Gasteiger partial charge in [0.2, 0.25) is 0 Å². The van der Waals surface area contributed by atoms with E-state index in [1.807, 2.05) is 0 Å². The molecule has 1 aromatic carbocycles. The van der Waals surface area contributed by atoms with Gasteiger partial charge in [0.1, 0.15) is 0 Å². The van der Waals surface area contributed by atoms with Gasteiger partial charge < -0.3 is 9.47 Å². The zero-order valence-corrected chi connectivity index (χ0v) is 16.5. The van der Waals surface area contributed by atoms with Crippen molar-refractivity contribution in [2.45, 2.75) is 39.5 Å². The SMILES string of the molecule is CCCCC(CC)COC(=O)/C=C/C(=O)Oc1c(Cl)cc(Cl)cc1Cl. The van der Waals surface area contributed by atoms with E-state index >= 15 is 0 Å². The number of benzene rings is 1. The molecule has 0 saturated carbocycles. The molecule has 1 aromatic rings. The molecular formula is C18H21Cl3O4. The Bertz CT molecular complexity index is 606. The summed E-state index contributed by atoms with van der Waals surface area (Å²) in [4.78, 5) is 23.5. The van der Waals surface area contributed by atoms with Crippen molar-refractivity contribution in [1.82, 2.24) is 0 Å². The third kappa shape index (κ3) is 8.13. The van der Waals surface area contributed by atoms with Crippen molar-refractivity contribution in [2.75, 3.05) is 6.61 Å². The number of ether oxygens (including phenoxy) is 2. The number of carbonyl (C=O) groups is 2. The number of esters is 2. The van der Waals surface area contributed by atoms with E-state index in [0.717, 1.165) is 37.8 Å². The van der Waals surface area contributed by atoms with Crippen LogP contribution in [0.15, 0.2) is 24.3 Å². The normalized spacial score (nSPS) is 12.2. The summed E-state index contributed by atoms with van der Waals surface area (Å²) in [5, 5.41) is 0.523.